The molecule has 0 radical (unpaired) electrons. The van der Waals surface area contributed by atoms with Crippen molar-refractivity contribution < 1.29 is 13.9 Å². The van der Waals surface area contributed by atoms with Gasteiger partial charge < -0.3 is 24.3 Å². The van der Waals surface area contributed by atoms with Gasteiger partial charge in [0.05, 0.1) is 13.4 Å². The highest BCUT2D eigenvalue weighted by molar-refractivity contribution is 5.74. The van der Waals surface area contributed by atoms with Gasteiger partial charge in [0.2, 0.25) is 11.8 Å². The largest absolute Gasteiger partial charge is 0.481 e. The molecule has 0 aromatic carbocycles. The zero-order valence-corrected chi connectivity index (χ0v) is 13.9. The van der Waals surface area contributed by atoms with Crippen molar-refractivity contribution in [1.29, 1.82) is 0 Å². The predicted octanol–water partition coefficient (Wildman–Crippen LogP) is 1.42. The number of carbonyl (C=O) groups excluding carboxylic acids is 1. The third-order valence-corrected chi connectivity index (χ3v) is 4.07. The molecule has 0 atom stereocenters. The number of aromatic nitrogens is 2. The Morgan fingerprint density at radius 3 is 2.79 bits per heavy atom. The molecule has 3 rings (SSSR count). The van der Waals surface area contributed by atoms with Crippen molar-refractivity contribution in [2.45, 2.75) is 13.5 Å². The number of ether oxygens (including phenoxy) is 1. The van der Waals surface area contributed by atoms with E-state index >= 15 is 0 Å². The van der Waals surface area contributed by atoms with Gasteiger partial charge in [-0.15, -0.1) is 0 Å². The summed E-state index contributed by atoms with van der Waals surface area (Å²) in [6.45, 7) is 4.97. The highest BCUT2D eigenvalue weighted by Gasteiger charge is 2.22. The van der Waals surface area contributed by atoms with Crippen LogP contribution >= 0.6 is 0 Å². The number of urea groups is 1. The Morgan fingerprint density at radius 2 is 2.12 bits per heavy atom. The first-order valence-corrected chi connectivity index (χ1v) is 7.85. The van der Waals surface area contributed by atoms with Crippen molar-refractivity contribution in [2.75, 3.05) is 38.2 Å². The molecule has 8 heteroatoms. The average molecular weight is 331 g/mol. The van der Waals surface area contributed by atoms with E-state index in [9.17, 15) is 4.79 Å². The molecule has 0 bridgehead atoms. The SMILES string of the molecule is COc1ccnc(N2CCN(C(=O)NCc3ccoc3C)CC2)n1. The van der Waals surface area contributed by atoms with Crippen LogP contribution in [0.5, 0.6) is 5.88 Å². The Morgan fingerprint density at radius 1 is 1.33 bits per heavy atom. The van der Waals surface area contributed by atoms with E-state index in [0.717, 1.165) is 11.3 Å². The highest BCUT2D eigenvalue weighted by atomic mass is 16.5. The number of carbonyl (C=O) groups is 1. The van der Waals surface area contributed by atoms with E-state index < -0.39 is 0 Å². The Balaban J connectivity index is 1.51. The summed E-state index contributed by atoms with van der Waals surface area (Å²) in [4.78, 5) is 24.7. The Bertz CT molecular complexity index is 695. The minimum atomic E-state index is -0.0678. The van der Waals surface area contributed by atoms with E-state index in [0.29, 0.717) is 44.6 Å². The summed E-state index contributed by atoms with van der Waals surface area (Å²) in [6, 6.07) is 3.51. The second-order valence-corrected chi connectivity index (χ2v) is 5.53. The molecule has 2 amide bonds. The molecule has 1 saturated heterocycles. The molecule has 1 N–H and O–H groups in total. The molecule has 8 nitrogen and oxygen atoms in total. The smallest absolute Gasteiger partial charge is 0.317 e. The number of hydrogen-bond donors (Lipinski definition) is 1. The number of aryl methyl sites for hydroxylation is 1. The minimum absolute atomic E-state index is 0.0678. The van der Waals surface area contributed by atoms with E-state index in [1.54, 1.807) is 30.5 Å². The summed E-state index contributed by atoms with van der Waals surface area (Å²) in [5.74, 6) is 1.99. The van der Waals surface area contributed by atoms with E-state index in [2.05, 4.69) is 15.3 Å². The van der Waals surface area contributed by atoms with E-state index in [4.69, 9.17) is 9.15 Å². The number of piperazine rings is 1. The van der Waals surface area contributed by atoms with Crippen molar-refractivity contribution >= 4 is 12.0 Å². The monoisotopic (exact) mass is 331 g/mol. The van der Waals surface area contributed by atoms with Crippen LogP contribution in [-0.2, 0) is 6.54 Å². The zero-order chi connectivity index (χ0) is 16.9. The summed E-state index contributed by atoms with van der Waals surface area (Å²) in [5, 5.41) is 2.93. The van der Waals surface area contributed by atoms with Crippen LogP contribution in [-0.4, -0.2) is 54.2 Å². The number of nitrogens with zero attached hydrogens (tertiary/aromatic N) is 4. The summed E-state index contributed by atoms with van der Waals surface area (Å²) in [5.41, 5.74) is 0.992. The molecule has 3 heterocycles. The maximum atomic E-state index is 12.3. The first-order chi connectivity index (χ1) is 11.7. The molecule has 0 unspecified atom stereocenters. The fraction of sp³-hybridized carbons (Fsp3) is 0.438. The molecular weight excluding hydrogens is 310 g/mol. The number of anilines is 1. The van der Waals surface area contributed by atoms with Crippen LogP contribution in [0.15, 0.2) is 29.0 Å². The normalized spacial score (nSPS) is 14.6. The lowest BCUT2D eigenvalue weighted by Gasteiger charge is -2.34. The summed E-state index contributed by atoms with van der Waals surface area (Å²) in [7, 11) is 1.58. The third-order valence-electron chi connectivity index (χ3n) is 4.07. The maximum Gasteiger partial charge on any atom is 0.317 e. The van der Waals surface area contributed by atoms with Gasteiger partial charge in [-0.05, 0) is 13.0 Å². The second-order valence-electron chi connectivity index (χ2n) is 5.53. The fourth-order valence-electron chi connectivity index (χ4n) is 2.59. The molecule has 0 saturated carbocycles. The van der Waals surface area contributed by atoms with E-state index in [-0.39, 0.29) is 6.03 Å². The van der Waals surface area contributed by atoms with Gasteiger partial charge in [-0.1, -0.05) is 0 Å². The molecule has 2 aromatic heterocycles. The van der Waals surface area contributed by atoms with Crippen LogP contribution in [0, 0.1) is 6.92 Å². The first kappa shape index (κ1) is 16.1. The molecule has 0 aliphatic carbocycles. The van der Waals surface area contributed by atoms with Gasteiger partial charge in [-0.25, -0.2) is 9.78 Å². The van der Waals surface area contributed by atoms with Gasteiger partial charge in [-0.3, -0.25) is 0 Å². The van der Waals surface area contributed by atoms with Crippen molar-refractivity contribution in [3.8, 4) is 5.88 Å². The summed E-state index contributed by atoms with van der Waals surface area (Å²) in [6.07, 6.45) is 3.30. The van der Waals surface area contributed by atoms with E-state index in [1.165, 1.54) is 0 Å². The Labute approximate surface area is 140 Å². The van der Waals surface area contributed by atoms with Crippen LogP contribution in [0.25, 0.3) is 0 Å². The van der Waals surface area contributed by atoms with Crippen molar-refractivity contribution in [1.82, 2.24) is 20.2 Å². The third kappa shape index (κ3) is 3.58. The quantitative estimate of drug-likeness (QED) is 0.912. The standard InChI is InChI=1S/C16H21N5O3/c1-12-13(4-10-24-12)11-18-16(22)21-8-6-20(7-9-21)15-17-5-3-14(19-15)23-2/h3-5,10H,6-9,11H2,1-2H3,(H,18,22). The molecule has 2 aromatic rings. The molecular formula is C16H21N5O3. The lowest BCUT2D eigenvalue weighted by atomic mass is 10.2. The van der Waals surface area contributed by atoms with Crippen LogP contribution in [0.2, 0.25) is 0 Å². The van der Waals surface area contributed by atoms with Crippen LogP contribution in [0.1, 0.15) is 11.3 Å². The molecule has 24 heavy (non-hydrogen) atoms. The topological polar surface area (TPSA) is 83.7 Å². The lowest BCUT2D eigenvalue weighted by Crippen LogP contribution is -2.52. The minimum Gasteiger partial charge on any atom is -0.481 e. The molecule has 0 spiro atoms. The summed E-state index contributed by atoms with van der Waals surface area (Å²) < 4.78 is 10.4. The Hall–Kier alpha value is -2.77. The van der Waals surface area contributed by atoms with Crippen molar-refractivity contribution in [3.05, 3.63) is 35.9 Å². The first-order valence-electron chi connectivity index (χ1n) is 7.85. The van der Waals surface area contributed by atoms with Gasteiger partial charge in [-0.2, -0.15) is 4.98 Å². The van der Waals surface area contributed by atoms with Crippen molar-refractivity contribution in [2.24, 2.45) is 0 Å². The van der Waals surface area contributed by atoms with Crippen LogP contribution < -0.4 is 15.0 Å². The highest BCUT2D eigenvalue weighted by Crippen LogP contribution is 2.14. The molecule has 1 aliphatic heterocycles. The molecule has 1 aliphatic rings. The van der Waals surface area contributed by atoms with Crippen LogP contribution in [0.3, 0.4) is 0 Å². The van der Waals surface area contributed by atoms with Gasteiger partial charge in [0.25, 0.3) is 0 Å². The van der Waals surface area contributed by atoms with Crippen LogP contribution in [0.4, 0.5) is 10.7 Å². The number of amides is 2. The zero-order valence-electron chi connectivity index (χ0n) is 13.9. The molecule has 1 fully saturated rings. The van der Waals surface area contributed by atoms with Gasteiger partial charge in [0, 0.05) is 50.6 Å². The fourth-order valence-corrected chi connectivity index (χ4v) is 2.59. The van der Waals surface area contributed by atoms with Crippen molar-refractivity contribution in [3.63, 3.8) is 0 Å². The number of methoxy groups -OCH3 is 1. The number of hydrogen-bond acceptors (Lipinski definition) is 6. The lowest BCUT2D eigenvalue weighted by molar-refractivity contribution is 0.193. The number of nitrogens with one attached hydrogen (secondary N) is 1. The number of rotatable bonds is 4. The van der Waals surface area contributed by atoms with Gasteiger partial charge in [0.1, 0.15) is 5.76 Å². The Kier molecular flexibility index (Phi) is 4.83. The average Bonchev–Trinajstić information content (AvgIpc) is 3.05. The van der Waals surface area contributed by atoms with E-state index in [1.807, 2.05) is 17.9 Å². The van der Waals surface area contributed by atoms with Gasteiger partial charge in [0.15, 0.2) is 0 Å². The maximum absolute atomic E-state index is 12.3. The predicted molar refractivity (Wildman–Crippen MR) is 88.1 cm³/mol. The number of furan rings is 1. The van der Waals surface area contributed by atoms with Gasteiger partial charge >= 0.3 is 6.03 Å². The second kappa shape index (κ2) is 7.20. The summed E-state index contributed by atoms with van der Waals surface area (Å²) >= 11 is 0. The molecule has 128 valence electrons.